The molecular formula is C24H24N2O4. The van der Waals surface area contributed by atoms with Crippen LogP contribution in [0.1, 0.15) is 18.1 Å². The molecule has 0 unspecified atom stereocenters. The number of rotatable bonds is 6. The Balaban J connectivity index is 1.46. The van der Waals surface area contributed by atoms with Gasteiger partial charge in [-0.15, -0.1) is 0 Å². The van der Waals surface area contributed by atoms with Crippen molar-refractivity contribution >= 4 is 22.7 Å². The van der Waals surface area contributed by atoms with E-state index in [0.29, 0.717) is 11.3 Å². The van der Waals surface area contributed by atoms with Gasteiger partial charge in [0.15, 0.2) is 0 Å². The van der Waals surface area contributed by atoms with E-state index in [1.807, 2.05) is 73.7 Å². The molecule has 6 heteroatoms. The maximum atomic E-state index is 13.1. The molecule has 0 bridgehead atoms. The van der Waals surface area contributed by atoms with Crippen molar-refractivity contribution < 1.29 is 19.4 Å². The summed E-state index contributed by atoms with van der Waals surface area (Å²) in [6, 6.07) is 20.5. The van der Waals surface area contributed by atoms with Gasteiger partial charge in [0.25, 0.3) is 5.91 Å². The smallest absolute Gasteiger partial charge is 0.325 e. The van der Waals surface area contributed by atoms with Crippen LogP contribution in [0, 0.1) is 6.92 Å². The molecule has 1 heterocycles. The van der Waals surface area contributed by atoms with Gasteiger partial charge in [0.2, 0.25) is 0 Å². The Bertz CT molecular complexity index is 1100. The Kier molecular flexibility index (Phi) is 5.18. The number of nitrogens with one attached hydrogen (secondary N) is 1. The van der Waals surface area contributed by atoms with E-state index in [4.69, 9.17) is 4.74 Å². The lowest BCUT2D eigenvalue weighted by Crippen LogP contribution is -2.42. The van der Waals surface area contributed by atoms with Crippen LogP contribution in [0.15, 0.2) is 66.7 Å². The summed E-state index contributed by atoms with van der Waals surface area (Å²) in [5.74, 6) is 0.231. The number of aliphatic hydroxyl groups is 1. The van der Waals surface area contributed by atoms with Crippen molar-refractivity contribution in [2.45, 2.75) is 25.5 Å². The minimum absolute atomic E-state index is 0.0210. The zero-order valence-electron chi connectivity index (χ0n) is 17.0. The highest BCUT2D eigenvalue weighted by Gasteiger charge is 2.49. The number of nitrogens with zero attached hydrogens (tertiary/aromatic N) is 1. The fourth-order valence-electron chi connectivity index (χ4n) is 3.65. The number of aliphatic hydroxyl groups excluding tert-OH is 1. The first-order chi connectivity index (χ1) is 14.4. The van der Waals surface area contributed by atoms with Gasteiger partial charge < -0.3 is 15.2 Å². The van der Waals surface area contributed by atoms with E-state index in [0.717, 1.165) is 21.2 Å². The summed E-state index contributed by atoms with van der Waals surface area (Å²) in [6.07, 6.45) is -1.00. The third-order valence-electron chi connectivity index (χ3n) is 5.46. The number of amides is 3. The lowest BCUT2D eigenvalue weighted by atomic mass is 9.90. The van der Waals surface area contributed by atoms with E-state index in [1.165, 1.54) is 0 Å². The maximum absolute atomic E-state index is 13.1. The van der Waals surface area contributed by atoms with Gasteiger partial charge in [-0.1, -0.05) is 54.1 Å². The number of ether oxygens (including phenoxy) is 1. The van der Waals surface area contributed by atoms with Crippen molar-refractivity contribution in [1.29, 1.82) is 0 Å². The number of carbonyl (C=O) groups is 2. The van der Waals surface area contributed by atoms with E-state index in [1.54, 1.807) is 6.92 Å². The maximum Gasteiger partial charge on any atom is 0.325 e. The van der Waals surface area contributed by atoms with Gasteiger partial charge in [0.05, 0.1) is 6.54 Å². The van der Waals surface area contributed by atoms with E-state index < -0.39 is 23.6 Å². The van der Waals surface area contributed by atoms with Crippen LogP contribution in [0.3, 0.4) is 0 Å². The van der Waals surface area contributed by atoms with Gasteiger partial charge in [-0.2, -0.15) is 0 Å². The molecule has 0 saturated carbocycles. The van der Waals surface area contributed by atoms with Crippen molar-refractivity contribution in [2.75, 3.05) is 13.2 Å². The monoisotopic (exact) mass is 404 g/mol. The van der Waals surface area contributed by atoms with Crippen LogP contribution in [-0.4, -0.2) is 41.2 Å². The fraction of sp³-hybridized carbons (Fsp3) is 0.250. The number of benzene rings is 3. The molecule has 3 aromatic carbocycles. The molecule has 1 aliphatic rings. The number of fused-ring (bicyclic) bond motifs is 1. The van der Waals surface area contributed by atoms with Crippen LogP contribution >= 0.6 is 0 Å². The lowest BCUT2D eigenvalue weighted by Gasteiger charge is -2.23. The Morgan fingerprint density at radius 2 is 1.73 bits per heavy atom. The number of imide groups is 1. The second-order valence-electron chi connectivity index (χ2n) is 7.81. The molecule has 4 rings (SSSR count). The molecule has 2 N–H and O–H groups in total. The molecule has 154 valence electrons. The van der Waals surface area contributed by atoms with Gasteiger partial charge in [0, 0.05) is 0 Å². The topological polar surface area (TPSA) is 78.9 Å². The summed E-state index contributed by atoms with van der Waals surface area (Å²) < 4.78 is 5.57. The average molecular weight is 404 g/mol. The molecule has 3 aromatic rings. The Morgan fingerprint density at radius 1 is 1.03 bits per heavy atom. The predicted octanol–water partition coefficient (Wildman–Crippen LogP) is 3.36. The first-order valence-electron chi connectivity index (χ1n) is 9.88. The predicted molar refractivity (Wildman–Crippen MR) is 114 cm³/mol. The van der Waals surface area contributed by atoms with Gasteiger partial charge in [-0.25, -0.2) is 4.79 Å². The molecule has 1 aliphatic heterocycles. The molecule has 3 amide bonds. The summed E-state index contributed by atoms with van der Waals surface area (Å²) in [5.41, 5.74) is 0.626. The quantitative estimate of drug-likeness (QED) is 0.618. The van der Waals surface area contributed by atoms with Gasteiger partial charge in [0.1, 0.15) is 24.0 Å². The molecule has 1 fully saturated rings. The van der Waals surface area contributed by atoms with Crippen molar-refractivity contribution in [3.8, 4) is 5.75 Å². The minimum atomic E-state index is -1.18. The Morgan fingerprint density at radius 3 is 2.47 bits per heavy atom. The van der Waals surface area contributed by atoms with Crippen molar-refractivity contribution in [2.24, 2.45) is 0 Å². The highest BCUT2D eigenvalue weighted by Crippen LogP contribution is 2.31. The van der Waals surface area contributed by atoms with Crippen LogP contribution < -0.4 is 10.1 Å². The first kappa shape index (κ1) is 19.9. The first-order valence-corrected chi connectivity index (χ1v) is 9.88. The highest BCUT2D eigenvalue weighted by molar-refractivity contribution is 6.07. The second-order valence-corrected chi connectivity index (χ2v) is 7.81. The van der Waals surface area contributed by atoms with E-state index in [-0.39, 0.29) is 13.2 Å². The highest BCUT2D eigenvalue weighted by atomic mass is 16.5. The molecule has 0 spiro atoms. The van der Waals surface area contributed by atoms with Crippen LogP contribution in [-0.2, 0) is 10.3 Å². The average Bonchev–Trinajstić information content (AvgIpc) is 2.97. The number of urea groups is 1. The fourth-order valence-corrected chi connectivity index (χ4v) is 3.65. The van der Waals surface area contributed by atoms with Crippen molar-refractivity contribution in [3.63, 3.8) is 0 Å². The molecule has 6 nitrogen and oxygen atoms in total. The third kappa shape index (κ3) is 3.74. The molecular weight excluding hydrogens is 380 g/mol. The van der Waals surface area contributed by atoms with E-state index in [9.17, 15) is 14.7 Å². The van der Waals surface area contributed by atoms with Gasteiger partial charge in [-0.3, -0.25) is 9.69 Å². The number of aryl methyl sites for hydroxylation is 1. The number of carbonyl (C=O) groups excluding carboxylic acids is 2. The molecule has 0 radical (unpaired) electrons. The normalized spacial score (nSPS) is 19.8. The van der Waals surface area contributed by atoms with Crippen LogP contribution in [0.5, 0.6) is 5.75 Å². The Hall–Kier alpha value is -3.38. The zero-order valence-corrected chi connectivity index (χ0v) is 17.0. The standard InChI is InChI=1S/C24H24N2O4/c1-16-7-11-21(12-8-16)30-15-20(27)14-26-22(28)24(2,25-23(26)29)19-10-9-17-5-3-4-6-18(17)13-19/h3-13,20,27H,14-15H2,1-2H3,(H,25,29)/t20-,24+/m0/s1. The van der Waals surface area contributed by atoms with Crippen molar-refractivity contribution in [3.05, 3.63) is 77.9 Å². The second kappa shape index (κ2) is 7.80. The third-order valence-corrected chi connectivity index (χ3v) is 5.46. The Labute approximate surface area is 175 Å². The van der Waals surface area contributed by atoms with Gasteiger partial charge >= 0.3 is 6.03 Å². The molecule has 30 heavy (non-hydrogen) atoms. The minimum Gasteiger partial charge on any atom is -0.491 e. The summed E-state index contributed by atoms with van der Waals surface area (Å²) in [7, 11) is 0. The van der Waals surface area contributed by atoms with Crippen LogP contribution in [0.2, 0.25) is 0 Å². The van der Waals surface area contributed by atoms with E-state index in [2.05, 4.69) is 5.32 Å². The SMILES string of the molecule is Cc1ccc(OC[C@@H](O)CN2C(=O)N[C@](C)(c3ccc4ccccc4c3)C2=O)cc1. The van der Waals surface area contributed by atoms with Crippen molar-refractivity contribution in [1.82, 2.24) is 10.2 Å². The molecule has 2 atom stereocenters. The van der Waals surface area contributed by atoms with Crippen LogP contribution in [0.25, 0.3) is 10.8 Å². The summed E-state index contributed by atoms with van der Waals surface area (Å²) in [5, 5.41) is 15.2. The lowest BCUT2D eigenvalue weighted by molar-refractivity contribution is -0.132. The zero-order chi connectivity index (χ0) is 21.3. The summed E-state index contributed by atoms with van der Waals surface area (Å²) in [4.78, 5) is 26.7. The number of hydrogen-bond donors (Lipinski definition) is 2. The number of hydrogen-bond acceptors (Lipinski definition) is 4. The van der Waals surface area contributed by atoms with Crippen LogP contribution in [0.4, 0.5) is 4.79 Å². The summed E-state index contributed by atoms with van der Waals surface area (Å²) >= 11 is 0. The number of β-amino-alcohol motifs (C(OH)–C–C–N with tert-alkyl or cyclic N) is 1. The molecule has 0 aromatic heterocycles. The largest absolute Gasteiger partial charge is 0.491 e. The van der Waals surface area contributed by atoms with E-state index >= 15 is 0 Å². The van der Waals surface area contributed by atoms with Gasteiger partial charge in [-0.05, 0) is 48.4 Å². The molecule has 1 saturated heterocycles. The molecule has 0 aliphatic carbocycles. The summed E-state index contributed by atoms with van der Waals surface area (Å²) in [6.45, 7) is 3.50.